The lowest BCUT2D eigenvalue weighted by Crippen LogP contribution is -2.43. The molecule has 0 aliphatic carbocycles. The first-order valence-corrected chi connectivity index (χ1v) is 9.10. The Balaban J connectivity index is 1.54. The summed E-state index contributed by atoms with van der Waals surface area (Å²) in [7, 11) is 0. The fraction of sp³-hybridized carbons (Fsp3) is 0.316. The van der Waals surface area contributed by atoms with Crippen molar-refractivity contribution in [2.24, 2.45) is 0 Å². The van der Waals surface area contributed by atoms with Crippen molar-refractivity contribution < 1.29 is 14.3 Å². The number of rotatable bonds is 6. The topological polar surface area (TPSA) is 50.8 Å². The number of anilines is 1. The van der Waals surface area contributed by atoms with E-state index in [1.807, 2.05) is 60.4 Å². The molecule has 0 radical (unpaired) electrons. The molecule has 0 saturated heterocycles. The minimum absolute atomic E-state index is 0.0501. The maximum Gasteiger partial charge on any atom is 0.238 e. The van der Waals surface area contributed by atoms with Crippen LogP contribution in [0.1, 0.15) is 6.92 Å². The van der Waals surface area contributed by atoms with E-state index in [9.17, 15) is 4.79 Å². The first kappa shape index (κ1) is 17.8. The largest absolute Gasteiger partial charge is 0.486 e. The van der Waals surface area contributed by atoms with Gasteiger partial charge >= 0.3 is 0 Å². The molecule has 0 spiro atoms. The van der Waals surface area contributed by atoms with E-state index >= 15 is 0 Å². The molecule has 1 amide bonds. The zero-order chi connectivity index (χ0) is 17.6. The number of likely N-dealkylation sites (N-methyl/N-ethyl adjacent to an activating group) is 1. The average Bonchev–Trinajstić information content (AvgIpc) is 2.63. The number of amides is 1. The summed E-state index contributed by atoms with van der Waals surface area (Å²) < 4.78 is 12.6. The number of hydrogen-bond donors (Lipinski definition) is 1. The molecule has 1 unspecified atom stereocenters. The van der Waals surface area contributed by atoms with Gasteiger partial charge in [0.1, 0.15) is 12.7 Å². The number of ether oxygens (including phenoxy) is 2. The molecule has 1 aliphatic rings. The van der Waals surface area contributed by atoms with Crippen LogP contribution in [0.25, 0.3) is 0 Å². The first-order chi connectivity index (χ1) is 12.2. The maximum absolute atomic E-state index is 12.3. The van der Waals surface area contributed by atoms with Gasteiger partial charge in [-0.25, -0.2) is 0 Å². The lowest BCUT2D eigenvalue weighted by atomic mass is 10.2. The molecule has 0 fully saturated rings. The average molecular weight is 405 g/mol. The number of benzene rings is 2. The molecular weight excluding hydrogens is 384 g/mol. The van der Waals surface area contributed by atoms with Gasteiger partial charge in [0.15, 0.2) is 11.5 Å². The lowest BCUT2D eigenvalue weighted by Gasteiger charge is -2.30. The molecule has 3 rings (SSSR count). The highest BCUT2D eigenvalue weighted by atomic mass is 79.9. The van der Waals surface area contributed by atoms with Gasteiger partial charge in [-0.05, 0) is 46.7 Å². The molecule has 5 nitrogen and oxygen atoms in total. The summed E-state index contributed by atoms with van der Waals surface area (Å²) >= 11 is 3.44. The van der Waals surface area contributed by atoms with Crippen LogP contribution in [0.2, 0.25) is 0 Å². The minimum atomic E-state index is -0.0916. The van der Waals surface area contributed by atoms with Crippen LogP contribution < -0.4 is 14.8 Å². The fourth-order valence-corrected chi connectivity index (χ4v) is 3.09. The van der Waals surface area contributed by atoms with Crippen LogP contribution in [0.15, 0.2) is 53.0 Å². The number of hydrogen-bond acceptors (Lipinski definition) is 4. The second-order valence-corrected chi connectivity index (χ2v) is 6.71. The van der Waals surface area contributed by atoms with Crippen molar-refractivity contribution in [3.8, 4) is 11.5 Å². The van der Waals surface area contributed by atoms with Crippen molar-refractivity contribution in [3.05, 3.63) is 53.0 Å². The van der Waals surface area contributed by atoms with Crippen LogP contribution in [0.5, 0.6) is 11.5 Å². The Morgan fingerprint density at radius 3 is 2.68 bits per heavy atom. The maximum atomic E-state index is 12.3. The van der Waals surface area contributed by atoms with Crippen molar-refractivity contribution >= 4 is 27.5 Å². The SMILES string of the molecule is CCN(CC(=O)Nc1ccccc1Br)CC1COc2ccccc2O1. The molecular formula is C19H21BrN2O3. The molecule has 2 aromatic carbocycles. The van der Waals surface area contributed by atoms with E-state index in [1.54, 1.807) is 0 Å². The molecule has 0 saturated carbocycles. The monoisotopic (exact) mass is 404 g/mol. The van der Waals surface area contributed by atoms with E-state index < -0.39 is 0 Å². The number of carbonyl (C=O) groups excluding carboxylic acids is 1. The van der Waals surface area contributed by atoms with Crippen LogP contribution in [0.4, 0.5) is 5.69 Å². The van der Waals surface area contributed by atoms with Crippen LogP contribution in [-0.2, 0) is 4.79 Å². The number of para-hydroxylation sites is 3. The van der Waals surface area contributed by atoms with Gasteiger partial charge in [0.25, 0.3) is 0 Å². The lowest BCUT2D eigenvalue weighted by molar-refractivity contribution is -0.117. The van der Waals surface area contributed by atoms with E-state index in [-0.39, 0.29) is 12.0 Å². The van der Waals surface area contributed by atoms with Crippen molar-refractivity contribution in [2.75, 3.05) is 31.6 Å². The van der Waals surface area contributed by atoms with Gasteiger partial charge in [-0.1, -0.05) is 31.2 Å². The standard InChI is InChI=1S/C19H21BrN2O3/c1-2-22(12-19(23)21-16-8-4-3-7-15(16)20)11-14-13-24-17-9-5-6-10-18(17)25-14/h3-10,14H,2,11-13H2,1H3,(H,21,23). The predicted molar refractivity (Wildman–Crippen MR) is 101 cm³/mol. The number of halogens is 1. The summed E-state index contributed by atoms with van der Waals surface area (Å²) in [6.07, 6.45) is -0.0916. The molecule has 1 aliphatic heterocycles. The summed E-state index contributed by atoms with van der Waals surface area (Å²) in [5.41, 5.74) is 0.773. The second kappa shape index (κ2) is 8.36. The van der Waals surface area contributed by atoms with Crippen molar-refractivity contribution in [1.82, 2.24) is 4.90 Å². The highest BCUT2D eigenvalue weighted by Crippen LogP contribution is 2.31. The highest BCUT2D eigenvalue weighted by molar-refractivity contribution is 9.10. The smallest absolute Gasteiger partial charge is 0.238 e. The van der Waals surface area contributed by atoms with E-state index in [2.05, 4.69) is 21.2 Å². The van der Waals surface area contributed by atoms with Crippen molar-refractivity contribution in [2.45, 2.75) is 13.0 Å². The Morgan fingerprint density at radius 1 is 1.20 bits per heavy atom. The van der Waals surface area contributed by atoms with Gasteiger partial charge in [-0.3, -0.25) is 9.69 Å². The molecule has 2 aromatic rings. The van der Waals surface area contributed by atoms with Gasteiger partial charge in [0.05, 0.1) is 12.2 Å². The van der Waals surface area contributed by atoms with Gasteiger partial charge in [0.2, 0.25) is 5.91 Å². The number of nitrogens with zero attached hydrogens (tertiary/aromatic N) is 1. The fourth-order valence-electron chi connectivity index (χ4n) is 2.70. The molecule has 132 valence electrons. The molecule has 1 atom stereocenters. The quantitative estimate of drug-likeness (QED) is 0.799. The van der Waals surface area contributed by atoms with Crippen LogP contribution in [0.3, 0.4) is 0 Å². The Labute approximate surface area is 156 Å². The van der Waals surface area contributed by atoms with Crippen molar-refractivity contribution in [1.29, 1.82) is 0 Å². The summed E-state index contributed by atoms with van der Waals surface area (Å²) in [5.74, 6) is 1.48. The van der Waals surface area contributed by atoms with Gasteiger partial charge in [0, 0.05) is 11.0 Å². The Bertz CT molecular complexity index is 738. The number of fused-ring (bicyclic) bond motifs is 1. The minimum Gasteiger partial charge on any atom is -0.486 e. The zero-order valence-electron chi connectivity index (χ0n) is 14.1. The Hall–Kier alpha value is -2.05. The summed E-state index contributed by atoms with van der Waals surface area (Å²) in [5, 5.41) is 2.93. The number of nitrogens with one attached hydrogen (secondary N) is 1. The Morgan fingerprint density at radius 2 is 1.92 bits per heavy atom. The van der Waals surface area contributed by atoms with Gasteiger partial charge < -0.3 is 14.8 Å². The third-order valence-electron chi connectivity index (χ3n) is 3.99. The number of carbonyl (C=O) groups is 1. The molecule has 25 heavy (non-hydrogen) atoms. The molecule has 1 N–H and O–H groups in total. The normalized spacial score (nSPS) is 15.9. The van der Waals surface area contributed by atoms with Crippen LogP contribution >= 0.6 is 15.9 Å². The summed E-state index contributed by atoms with van der Waals surface area (Å²) in [6, 6.07) is 15.2. The summed E-state index contributed by atoms with van der Waals surface area (Å²) in [6.45, 7) is 4.21. The zero-order valence-corrected chi connectivity index (χ0v) is 15.7. The van der Waals surface area contributed by atoms with Crippen LogP contribution in [0, 0.1) is 0 Å². The third kappa shape index (κ3) is 4.74. The highest BCUT2D eigenvalue weighted by Gasteiger charge is 2.23. The molecule has 0 bridgehead atoms. The van der Waals surface area contributed by atoms with E-state index in [4.69, 9.17) is 9.47 Å². The van der Waals surface area contributed by atoms with Gasteiger partial charge in [-0.2, -0.15) is 0 Å². The molecule has 6 heteroatoms. The van der Waals surface area contributed by atoms with Crippen LogP contribution in [-0.4, -0.2) is 43.2 Å². The predicted octanol–water partition coefficient (Wildman–Crippen LogP) is 3.55. The second-order valence-electron chi connectivity index (χ2n) is 5.85. The first-order valence-electron chi connectivity index (χ1n) is 8.31. The molecule has 0 aromatic heterocycles. The summed E-state index contributed by atoms with van der Waals surface area (Å²) in [4.78, 5) is 14.4. The van der Waals surface area contributed by atoms with E-state index in [1.165, 1.54) is 0 Å². The van der Waals surface area contributed by atoms with E-state index in [0.717, 1.165) is 28.2 Å². The third-order valence-corrected chi connectivity index (χ3v) is 4.68. The van der Waals surface area contributed by atoms with E-state index in [0.29, 0.717) is 19.7 Å². The molecule has 1 heterocycles. The van der Waals surface area contributed by atoms with Gasteiger partial charge in [-0.15, -0.1) is 0 Å². The van der Waals surface area contributed by atoms with Crippen molar-refractivity contribution in [3.63, 3.8) is 0 Å². The Kier molecular flexibility index (Phi) is 5.94.